The van der Waals surface area contributed by atoms with Gasteiger partial charge in [0, 0.05) is 12.2 Å². The van der Waals surface area contributed by atoms with Crippen LogP contribution in [-0.2, 0) is 9.30 Å². The molecule has 5 heteroatoms. The first kappa shape index (κ1) is 27.1. The lowest BCUT2D eigenvalue weighted by Gasteiger charge is -2.21. The lowest BCUT2D eigenvalue weighted by atomic mass is 10.0. The number of hydrogen-bond acceptors (Lipinski definition) is 2. The zero-order chi connectivity index (χ0) is 23.1. The molecule has 1 unspecified atom stereocenters. The van der Waals surface area contributed by atoms with E-state index in [9.17, 15) is 14.4 Å². The van der Waals surface area contributed by atoms with Crippen LogP contribution in [0, 0.1) is 0 Å². The molecule has 0 radical (unpaired) electrons. The van der Waals surface area contributed by atoms with Crippen LogP contribution in [0.4, 0.5) is 0 Å². The minimum absolute atomic E-state index is 0.372. The van der Waals surface area contributed by atoms with E-state index < -0.39 is 13.4 Å². The smallest absolute Gasteiger partial charge is 0.358 e. The minimum atomic E-state index is -4.41. The van der Waals surface area contributed by atoms with Gasteiger partial charge in [0.15, 0.2) is 5.85 Å². The van der Waals surface area contributed by atoms with Crippen molar-refractivity contribution >= 4 is 18.4 Å². The van der Waals surface area contributed by atoms with Crippen molar-refractivity contribution in [2.24, 2.45) is 0 Å². The molecule has 0 bridgehead atoms. The molecule has 0 aliphatic heterocycles. The average Bonchev–Trinajstić information content (AvgIpc) is 2.78. The summed E-state index contributed by atoms with van der Waals surface area (Å²) >= 11 is 0. The van der Waals surface area contributed by atoms with E-state index in [1.807, 2.05) is 36.4 Å². The highest BCUT2D eigenvalue weighted by molar-refractivity contribution is 7.52. The monoisotopic (exact) mass is 462 g/mol. The van der Waals surface area contributed by atoms with Gasteiger partial charge in [-0.05, 0) is 17.2 Å². The number of hydrogen-bond donors (Lipinski definition) is 2. The van der Waals surface area contributed by atoms with E-state index in [2.05, 4.69) is 6.92 Å². The van der Waals surface area contributed by atoms with Gasteiger partial charge in [-0.25, -0.2) is 0 Å². The molecule has 0 fully saturated rings. The van der Waals surface area contributed by atoms with Gasteiger partial charge < -0.3 is 14.5 Å². The standard InChI is InChI=1S/C27H43O4P/c1-2-3-4-5-6-7-8-9-10-11-12-13-14-17-23-31-27(32(28,29)30)26-22-18-20-24-19-15-16-21-25(24)26/h15-16,18-22,27H,2-14,17,23H2,1H3,(H2,28,29,30). The van der Waals surface area contributed by atoms with E-state index in [0.717, 1.165) is 30.0 Å². The van der Waals surface area contributed by atoms with Gasteiger partial charge in [-0.15, -0.1) is 0 Å². The van der Waals surface area contributed by atoms with Crippen molar-refractivity contribution in [3.63, 3.8) is 0 Å². The minimum Gasteiger partial charge on any atom is -0.361 e. The van der Waals surface area contributed by atoms with Crippen LogP contribution in [-0.4, -0.2) is 16.4 Å². The van der Waals surface area contributed by atoms with Crippen LogP contribution in [0.1, 0.15) is 108 Å². The van der Waals surface area contributed by atoms with E-state index in [1.165, 1.54) is 70.6 Å². The second-order valence-electron chi connectivity index (χ2n) is 8.98. The first-order valence-electron chi connectivity index (χ1n) is 12.7. The SMILES string of the molecule is CCCCCCCCCCCCCCCCOC(c1cccc2ccccc12)P(=O)(O)O. The van der Waals surface area contributed by atoms with Crippen LogP contribution in [0.15, 0.2) is 42.5 Å². The Hall–Kier alpha value is -1.19. The quantitative estimate of drug-likeness (QED) is 0.172. The Kier molecular flexibility index (Phi) is 13.2. The Morgan fingerprint density at radius 1 is 0.719 bits per heavy atom. The van der Waals surface area contributed by atoms with Crippen LogP contribution in [0.3, 0.4) is 0 Å². The van der Waals surface area contributed by atoms with Crippen molar-refractivity contribution in [2.45, 2.75) is 103 Å². The first-order chi connectivity index (χ1) is 15.5. The zero-order valence-corrected chi connectivity index (χ0v) is 20.8. The molecule has 180 valence electrons. The molecular formula is C27H43O4P. The summed E-state index contributed by atoms with van der Waals surface area (Å²) in [4.78, 5) is 19.8. The summed E-state index contributed by atoms with van der Waals surface area (Å²) in [7, 11) is -4.41. The van der Waals surface area contributed by atoms with Crippen LogP contribution in [0.2, 0.25) is 0 Å². The maximum Gasteiger partial charge on any atom is 0.358 e. The molecule has 0 heterocycles. The molecule has 0 aromatic heterocycles. The molecule has 0 spiro atoms. The number of rotatable bonds is 18. The van der Waals surface area contributed by atoms with Gasteiger partial charge in [-0.1, -0.05) is 133 Å². The van der Waals surface area contributed by atoms with Crippen molar-refractivity contribution in [3.8, 4) is 0 Å². The van der Waals surface area contributed by atoms with Gasteiger partial charge in [0.25, 0.3) is 0 Å². The molecule has 2 aromatic rings. The van der Waals surface area contributed by atoms with Crippen molar-refractivity contribution in [2.75, 3.05) is 6.61 Å². The fourth-order valence-electron chi connectivity index (χ4n) is 4.33. The molecule has 0 aliphatic rings. The maximum absolute atomic E-state index is 12.1. The second-order valence-corrected chi connectivity index (χ2v) is 10.6. The van der Waals surface area contributed by atoms with Crippen molar-refractivity contribution < 1.29 is 19.1 Å². The zero-order valence-electron chi connectivity index (χ0n) is 19.9. The van der Waals surface area contributed by atoms with Crippen LogP contribution < -0.4 is 0 Å². The normalized spacial score (nSPS) is 13.0. The highest BCUT2D eigenvalue weighted by Gasteiger charge is 2.32. The Morgan fingerprint density at radius 2 is 1.22 bits per heavy atom. The third-order valence-electron chi connectivity index (χ3n) is 6.17. The summed E-state index contributed by atoms with van der Waals surface area (Å²) in [5.74, 6) is -1.20. The number of fused-ring (bicyclic) bond motifs is 1. The molecule has 32 heavy (non-hydrogen) atoms. The van der Waals surface area contributed by atoms with Crippen LogP contribution >= 0.6 is 7.60 Å². The van der Waals surface area contributed by atoms with Gasteiger partial charge in [0.2, 0.25) is 0 Å². The van der Waals surface area contributed by atoms with Gasteiger partial charge >= 0.3 is 7.60 Å². The van der Waals surface area contributed by atoms with Crippen LogP contribution in [0.5, 0.6) is 0 Å². The Balaban J connectivity index is 1.59. The topological polar surface area (TPSA) is 66.8 Å². The van der Waals surface area contributed by atoms with E-state index >= 15 is 0 Å². The molecule has 4 nitrogen and oxygen atoms in total. The Labute approximate surface area is 194 Å². The van der Waals surface area contributed by atoms with E-state index in [4.69, 9.17) is 4.74 Å². The van der Waals surface area contributed by atoms with E-state index in [0.29, 0.717) is 12.2 Å². The summed E-state index contributed by atoms with van der Waals surface area (Å²) in [5, 5.41) is 1.80. The number of benzene rings is 2. The van der Waals surface area contributed by atoms with Gasteiger partial charge in [-0.2, -0.15) is 0 Å². The molecule has 0 aliphatic carbocycles. The van der Waals surface area contributed by atoms with Crippen molar-refractivity contribution in [1.29, 1.82) is 0 Å². The summed E-state index contributed by atoms with van der Waals surface area (Å²) in [5.41, 5.74) is 0.571. The molecule has 2 rings (SSSR count). The molecular weight excluding hydrogens is 419 g/mol. The lowest BCUT2D eigenvalue weighted by Crippen LogP contribution is -2.07. The Morgan fingerprint density at radius 3 is 1.78 bits per heavy atom. The Bertz CT molecular complexity index is 796. The highest BCUT2D eigenvalue weighted by atomic mass is 31.2. The molecule has 0 saturated carbocycles. The fourth-order valence-corrected chi connectivity index (χ4v) is 5.21. The largest absolute Gasteiger partial charge is 0.361 e. The van der Waals surface area contributed by atoms with Crippen molar-refractivity contribution in [3.05, 3.63) is 48.0 Å². The molecule has 2 N–H and O–H groups in total. The third kappa shape index (κ3) is 10.2. The van der Waals surface area contributed by atoms with Gasteiger partial charge in [-0.3, -0.25) is 4.57 Å². The van der Waals surface area contributed by atoms with E-state index in [1.54, 1.807) is 6.07 Å². The van der Waals surface area contributed by atoms with E-state index in [-0.39, 0.29) is 0 Å². The summed E-state index contributed by atoms with van der Waals surface area (Å²) in [6, 6.07) is 13.2. The first-order valence-corrected chi connectivity index (χ1v) is 14.4. The predicted octanol–water partition coefficient (Wildman–Crippen LogP) is 8.51. The summed E-state index contributed by atoms with van der Waals surface area (Å²) in [6.45, 7) is 2.63. The molecule has 2 aromatic carbocycles. The average molecular weight is 463 g/mol. The highest BCUT2D eigenvalue weighted by Crippen LogP contribution is 2.53. The van der Waals surface area contributed by atoms with Gasteiger partial charge in [0.05, 0.1) is 0 Å². The molecule has 1 atom stereocenters. The molecule has 0 amide bonds. The summed E-state index contributed by atoms with van der Waals surface area (Å²) in [6.07, 6.45) is 17.9. The van der Waals surface area contributed by atoms with Gasteiger partial charge in [0.1, 0.15) is 0 Å². The lowest BCUT2D eigenvalue weighted by molar-refractivity contribution is 0.0833. The number of unbranched alkanes of at least 4 members (excludes halogenated alkanes) is 13. The predicted molar refractivity (Wildman–Crippen MR) is 135 cm³/mol. The second kappa shape index (κ2) is 15.6. The third-order valence-corrected chi connectivity index (χ3v) is 7.21. The van der Waals surface area contributed by atoms with Crippen LogP contribution in [0.25, 0.3) is 10.8 Å². The molecule has 0 saturated heterocycles. The fraction of sp³-hybridized carbons (Fsp3) is 0.630. The van der Waals surface area contributed by atoms with Crippen molar-refractivity contribution in [1.82, 2.24) is 0 Å². The summed E-state index contributed by atoms with van der Waals surface area (Å²) < 4.78 is 17.9. The number of ether oxygens (including phenoxy) is 1. The maximum atomic E-state index is 12.1.